The van der Waals surface area contributed by atoms with Crippen LogP contribution in [0.5, 0.6) is 5.75 Å². The Morgan fingerprint density at radius 2 is 1.96 bits per heavy atom. The number of unbranched alkanes of at least 4 members (excludes halogenated alkanes) is 2. The number of phenols is 1. The fourth-order valence-electron chi connectivity index (χ4n) is 3.48. The minimum Gasteiger partial charge on any atom is -0.508 e. The summed E-state index contributed by atoms with van der Waals surface area (Å²) in [5.74, 6) is -0.736. The van der Waals surface area contributed by atoms with E-state index in [1.54, 1.807) is 17.0 Å². The molecule has 2 rings (SSSR count). The first-order valence-corrected chi connectivity index (χ1v) is 9.91. The van der Waals surface area contributed by atoms with E-state index in [1.807, 2.05) is 0 Å². The molecular weight excluding hydrogens is 360 g/mol. The zero-order chi connectivity index (χ0) is 20.5. The van der Waals surface area contributed by atoms with Crippen molar-refractivity contribution < 1.29 is 24.2 Å². The number of ether oxygens (including phenoxy) is 1. The van der Waals surface area contributed by atoms with Crippen LogP contribution in [0.25, 0.3) is 0 Å². The molecule has 1 aromatic carbocycles. The highest BCUT2D eigenvalue weighted by Gasteiger charge is 2.35. The largest absolute Gasteiger partial charge is 0.508 e. The van der Waals surface area contributed by atoms with Crippen LogP contribution in [0.4, 0.5) is 0 Å². The maximum Gasteiger partial charge on any atom is 0.328 e. The van der Waals surface area contributed by atoms with E-state index in [2.05, 4.69) is 12.2 Å². The van der Waals surface area contributed by atoms with Gasteiger partial charge in [0.15, 0.2) is 0 Å². The lowest BCUT2D eigenvalue weighted by molar-refractivity contribution is -0.146. The molecule has 0 spiro atoms. The number of nitrogens with zero attached hydrogens (tertiary/aromatic N) is 1. The first-order chi connectivity index (χ1) is 13.5. The van der Waals surface area contributed by atoms with Crippen LogP contribution in [0.15, 0.2) is 24.3 Å². The van der Waals surface area contributed by atoms with Crippen molar-refractivity contribution in [1.82, 2.24) is 10.2 Å². The summed E-state index contributed by atoms with van der Waals surface area (Å²) in [5.41, 5.74) is 0.785. The van der Waals surface area contributed by atoms with E-state index in [-0.39, 0.29) is 24.0 Å². The molecule has 1 saturated heterocycles. The van der Waals surface area contributed by atoms with Gasteiger partial charge < -0.3 is 20.1 Å². The molecule has 1 fully saturated rings. The molecule has 0 bridgehead atoms. The van der Waals surface area contributed by atoms with Gasteiger partial charge in [0, 0.05) is 19.4 Å². The van der Waals surface area contributed by atoms with Crippen molar-refractivity contribution in [1.29, 1.82) is 0 Å². The van der Waals surface area contributed by atoms with Crippen LogP contribution in [-0.2, 0) is 25.5 Å². The van der Waals surface area contributed by atoms with Gasteiger partial charge in [-0.3, -0.25) is 9.59 Å². The fourth-order valence-corrected chi connectivity index (χ4v) is 3.48. The molecule has 0 aliphatic carbocycles. The molecule has 2 N–H and O–H groups in total. The molecule has 7 nitrogen and oxygen atoms in total. The molecule has 1 heterocycles. The highest BCUT2D eigenvalue weighted by atomic mass is 16.5. The van der Waals surface area contributed by atoms with Crippen LogP contribution < -0.4 is 5.32 Å². The molecule has 1 aliphatic rings. The third kappa shape index (κ3) is 5.97. The molecule has 2 amide bonds. The van der Waals surface area contributed by atoms with E-state index in [4.69, 9.17) is 4.74 Å². The number of benzene rings is 1. The van der Waals surface area contributed by atoms with Gasteiger partial charge in [-0.15, -0.1) is 0 Å². The van der Waals surface area contributed by atoms with Crippen molar-refractivity contribution in [3.63, 3.8) is 0 Å². The Kier molecular flexibility index (Phi) is 8.29. The summed E-state index contributed by atoms with van der Waals surface area (Å²) < 4.78 is 4.83. The minimum absolute atomic E-state index is 0.000692. The number of rotatable bonds is 9. The van der Waals surface area contributed by atoms with Gasteiger partial charge in [0.05, 0.1) is 7.11 Å². The molecule has 7 heteroatoms. The number of hydrogen-bond acceptors (Lipinski definition) is 5. The minimum atomic E-state index is -0.848. The van der Waals surface area contributed by atoms with Crippen molar-refractivity contribution in [3.05, 3.63) is 29.8 Å². The van der Waals surface area contributed by atoms with Crippen molar-refractivity contribution >= 4 is 17.8 Å². The van der Waals surface area contributed by atoms with Gasteiger partial charge in [-0.05, 0) is 37.0 Å². The topological polar surface area (TPSA) is 95.9 Å². The molecule has 2 atom stereocenters. The zero-order valence-corrected chi connectivity index (χ0v) is 16.6. The first-order valence-electron chi connectivity index (χ1n) is 9.91. The van der Waals surface area contributed by atoms with E-state index in [1.165, 1.54) is 19.2 Å². The number of nitrogens with one attached hydrogen (secondary N) is 1. The SMILES string of the molecule is CCCCCC(=O)N1CCC[C@@H]1C(=O)N[C@H](Cc1ccc(O)cc1)C(=O)OC. The summed E-state index contributed by atoms with van der Waals surface area (Å²) in [6.07, 6.45) is 4.92. The normalized spacial score (nSPS) is 17.2. The standard InChI is InChI=1S/C21H30N2O5/c1-3-4-5-8-19(25)23-13-6-7-18(23)20(26)22-17(21(27)28-2)14-15-9-11-16(24)12-10-15/h9-12,17-18,24H,3-8,13-14H2,1-2H3,(H,22,26)/t17-,18-/m1/s1. The zero-order valence-electron chi connectivity index (χ0n) is 16.6. The number of esters is 1. The second-order valence-electron chi connectivity index (χ2n) is 7.16. The summed E-state index contributed by atoms with van der Waals surface area (Å²) in [7, 11) is 1.28. The molecule has 0 aromatic heterocycles. The average Bonchev–Trinajstić information content (AvgIpc) is 3.18. The lowest BCUT2D eigenvalue weighted by Crippen LogP contribution is -2.51. The molecule has 0 unspecified atom stereocenters. The summed E-state index contributed by atoms with van der Waals surface area (Å²) in [5, 5.41) is 12.1. The predicted molar refractivity (Wildman–Crippen MR) is 105 cm³/mol. The lowest BCUT2D eigenvalue weighted by Gasteiger charge is -2.26. The molecule has 154 valence electrons. The van der Waals surface area contributed by atoms with Crippen LogP contribution in [-0.4, -0.2) is 53.5 Å². The van der Waals surface area contributed by atoms with E-state index in [0.29, 0.717) is 19.4 Å². The van der Waals surface area contributed by atoms with Crippen LogP contribution >= 0.6 is 0 Å². The van der Waals surface area contributed by atoms with Crippen LogP contribution in [0.1, 0.15) is 51.0 Å². The number of carbonyl (C=O) groups is 3. The average molecular weight is 390 g/mol. The Bertz CT molecular complexity index is 674. The predicted octanol–water partition coefficient (Wildman–Crippen LogP) is 2.16. The van der Waals surface area contributed by atoms with E-state index >= 15 is 0 Å². The number of phenolic OH excluding ortho intramolecular Hbond substituents is 1. The van der Waals surface area contributed by atoms with Gasteiger partial charge >= 0.3 is 5.97 Å². The monoisotopic (exact) mass is 390 g/mol. The Labute approximate surface area is 166 Å². The van der Waals surface area contributed by atoms with Gasteiger partial charge in [-0.25, -0.2) is 4.79 Å². The second kappa shape index (κ2) is 10.7. The Hall–Kier alpha value is -2.57. The number of likely N-dealkylation sites (tertiary alicyclic amines) is 1. The second-order valence-corrected chi connectivity index (χ2v) is 7.16. The van der Waals surface area contributed by atoms with Crippen LogP contribution in [0, 0.1) is 0 Å². The number of aromatic hydroxyl groups is 1. The van der Waals surface area contributed by atoms with Gasteiger partial charge in [0.1, 0.15) is 17.8 Å². The maximum absolute atomic E-state index is 12.8. The summed E-state index contributed by atoms with van der Waals surface area (Å²) in [6, 6.07) is 5.05. The Morgan fingerprint density at radius 1 is 1.25 bits per heavy atom. The maximum atomic E-state index is 12.8. The number of hydrogen-bond donors (Lipinski definition) is 2. The molecule has 1 aromatic rings. The number of methoxy groups -OCH3 is 1. The molecule has 1 aliphatic heterocycles. The van der Waals surface area contributed by atoms with Crippen molar-refractivity contribution in [2.45, 2.75) is 64.0 Å². The molecule has 28 heavy (non-hydrogen) atoms. The van der Waals surface area contributed by atoms with Crippen molar-refractivity contribution in [2.24, 2.45) is 0 Å². The molecule has 0 saturated carbocycles. The summed E-state index contributed by atoms with van der Waals surface area (Å²) in [6.45, 7) is 2.65. The van der Waals surface area contributed by atoms with Crippen LogP contribution in [0.3, 0.4) is 0 Å². The smallest absolute Gasteiger partial charge is 0.328 e. The van der Waals surface area contributed by atoms with E-state index in [0.717, 1.165) is 31.2 Å². The van der Waals surface area contributed by atoms with Gasteiger partial charge in [0.25, 0.3) is 0 Å². The molecular formula is C21H30N2O5. The summed E-state index contributed by atoms with van der Waals surface area (Å²) in [4.78, 5) is 39.1. The van der Waals surface area contributed by atoms with Crippen molar-refractivity contribution in [3.8, 4) is 5.75 Å². The van der Waals surface area contributed by atoms with E-state index in [9.17, 15) is 19.5 Å². The van der Waals surface area contributed by atoms with Crippen LogP contribution in [0.2, 0.25) is 0 Å². The summed E-state index contributed by atoms with van der Waals surface area (Å²) >= 11 is 0. The highest BCUT2D eigenvalue weighted by molar-refractivity contribution is 5.91. The first kappa shape index (κ1) is 21.7. The van der Waals surface area contributed by atoms with Crippen molar-refractivity contribution in [2.75, 3.05) is 13.7 Å². The van der Waals surface area contributed by atoms with Gasteiger partial charge in [-0.1, -0.05) is 31.9 Å². The Balaban J connectivity index is 2.01. The lowest BCUT2D eigenvalue weighted by atomic mass is 10.0. The quantitative estimate of drug-likeness (QED) is 0.498. The Morgan fingerprint density at radius 3 is 2.61 bits per heavy atom. The number of amides is 2. The van der Waals surface area contributed by atoms with Gasteiger partial charge in [0.2, 0.25) is 11.8 Å². The third-order valence-corrected chi connectivity index (χ3v) is 5.05. The third-order valence-electron chi connectivity index (χ3n) is 5.05. The van der Waals surface area contributed by atoms with Gasteiger partial charge in [-0.2, -0.15) is 0 Å². The number of carbonyl (C=O) groups excluding carboxylic acids is 3. The highest BCUT2D eigenvalue weighted by Crippen LogP contribution is 2.20. The van der Waals surface area contributed by atoms with E-state index < -0.39 is 18.1 Å². The molecule has 0 radical (unpaired) electrons. The fraction of sp³-hybridized carbons (Fsp3) is 0.571.